The summed E-state index contributed by atoms with van der Waals surface area (Å²) in [4.78, 5) is 11.6. The zero-order valence-electron chi connectivity index (χ0n) is 12.8. The molecule has 3 aromatic rings. The van der Waals surface area contributed by atoms with Gasteiger partial charge in [0.25, 0.3) is 0 Å². The van der Waals surface area contributed by atoms with E-state index in [0.29, 0.717) is 16.3 Å². The Hall–Kier alpha value is -2.31. The molecule has 0 N–H and O–H groups in total. The number of methoxy groups -OCH3 is 1. The molecule has 0 aliphatic rings. The zero-order chi connectivity index (χ0) is 16.9. The number of thioether (sulfide) groups is 1. The Labute approximate surface area is 148 Å². The van der Waals surface area contributed by atoms with Crippen LogP contribution in [0.15, 0.2) is 60.0 Å². The van der Waals surface area contributed by atoms with Crippen LogP contribution in [0.5, 0.6) is 0 Å². The van der Waals surface area contributed by atoms with Crippen molar-refractivity contribution in [3.63, 3.8) is 0 Å². The second-order valence-electron chi connectivity index (χ2n) is 4.94. The van der Waals surface area contributed by atoms with Crippen molar-refractivity contribution in [1.82, 2.24) is 14.8 Å². The molecule has 5 nitrogen and oxygen atoms in total. The van der Waals surface area contributed by atoms with Crippen molar-refractivity contribution in [1.29, 1.82) is 0 Å². The molecule has 2 aromatic carbocycles. The van der Waals surface area contributed by atoms with E-state index in [2.05, 4.69) is 10.2 Å². The number of nitrogens with zero attached hydrogens (tertiary/aromatic N) is 3. The molecule has 0 spiro atoms. The molecule has 1 heterocycles. The van der Waals surface area contributed by atoms with E-state index in [1.54, 1.807) is 12.4 Å². The maximum atomic E-state index is 11.6. The Morgan fingerprint density at radius 1 is 1.25 bits per heavy atom. The average Bonchev–Trinajstić information content (AvgIpc) is 3.08. The number of halogens is 1. The maximum Gasteiger partial charge on any atom is 0.337 e. The van der Waals surface area contributed by atoms with Crippen LogP contribution in [0.4, 0.5) is 0 Å². The second-order valence-corrected chi connectivity index (χ2v) is 6.32. The van der Waals surface area contributed by atoms with Gasteiger partial charge in [-0.1, -0.05) is 41.6 Å². The van der Waals surface area contributed by atoms with E-state index in [-0.39, 0.29) is 5.97 Å². The summed E-state index contributed by atoms with van der Waals surface area (Å²) in [6, 6.07) is 14.8. The highest BCUT2D eigenvalue weighted by Crippen LogP contribution is 2.25. The third-order valence-electron chi connectivity index (χ3n) is 3.32. The molecule has 0 atom stereocenters. The summed E-state index contributed by atoms with van der Waals surface area (Å²) in [5, 5.41) is 9.53. The minimum Gasteiger partial charge on any atom is -0.465 e. The number of ether oxygens (including phenoxy) is 1. The van der Waals surface area contributed by atoms with Gasteiger partial charge < -0.3 is 4.74 Å². The Morgan fingerprint density at radius 3 is 2.88 bits per heavy atom. The monoisotopic (exact) mass is 359 g/mol. The van der Waals surface area contributed by atoms with Gasteiger partial charge in [0, 0.05) is 10.8 Å². The molecule has 122 valence electrons. The summed E-state index contributed by atoms with van der Waals surface area (Å²) in [6.45, 7) is 0. The molecule has 0 bridgehead atoms. The number of aromatic nitrogens is 3. The third kappa shape index (κ3) is 3.77. The van der Waals surface area contributed by atoms with E-state index >= 15 is 0 Å². The lowest BCUT2D eigenvalue weighted by Crippen LogP contribution is -2.01. The van der Waals surface area contributed by atoms with Crippen LogP contribution in [0.25, 0.3) is 5.69 Å². The maximum absolute atomic E-state index is 11.6. The van der Waals surface area contributed by atoms with E-state index < -0.39 is 0 Å². The zero-order valence-corrected chi connectivity index (χ0v) is 14.4. The average molecular weight is 360 g/mol. The first kappa shape index (κ1) is 16.5. The van der Waals surface area contributed by atoms with Crippen molar-refractivity contribution >= 4 is 29.3 Å². The van der Waals surface area contributed by atoms with Crippen LogP contribution in [0.3, 0.4) is 0 Å². The quantitative estimate of drug-likeness (QED) is 0.509. The lowest BCUT2D eigenvalue weighted by molar-refractivity contribution is 0.0600. The van der Waals surface area contributed by atoms with Gasteiger partial charge in [-0.3, -0.25) is 4.57 Å². The van der Waals surface area contributed by atoms with E-state index in [1.807, 2.05) is 47.0 Å². The van der Waals surface area contributed by atoms with Gasteiger partial charge >= 0.3 is 5.97 Å². The predicted octanol–water partition coefficient (Wildman–Crippen LogP) is 4.00. The molecule has 7 heteroatoms. The summed E-state index contributed by atoms with van der Waals surface area (Å²) in [5.74, 6) is 0.313. The number of hydrogen-bond acceptors (Lipinski definition) is 5. The van der Waals surface area contributed by atoms with E-state index in [4.69, 9.17) is 16.3 Å². The minimum atomic E-state index is -0.344. The molecule has 3 rings (SSSR count). The predicted molar refractivity (Wildman–Crippen MR) is 93.7 cm³/mol. The lowest BCUT2D eigenvalue weighted by atomic mass is 10.1. The van der Waals surface area contributed by atoms with Crippen LogP contribution < -0.4 is 0 Å². The number of rotatable bonds is 5. The first-order valence-electron chi connectivity index (χ1n) is 7.13. The summed E-state index contributed by atoms with van der Waals surface area (Å²) in [7, 11) is 1.37. The number of carbonyl (C=O) groups is 1. The number of hydrogen-bond donors (Lipinski definition) is 0. The smallest absolute Gasteiger partial charge is 0.337 e. The van der Waals surface area contributed by atoms with Crippen molar-refractivity contribution in [2.45, 2.75) is 10.9 Å². The van der Waals surface area contributed by atoms with Crippen LogP contribution in [0, 0.1) is 0 Å². The highest BCUT2D eigenvalue weighted by atomic mass is 35.5. The van der Waals surface area contributed by atoms with Gasteiger partial charge in [-0.2, -0.15) is 0 Å². The topological polar surface area (TPSA) is 57.0 Å². The molecule has 0 saturated carbocycles. The molecule has 0 aliphatic carbocycles. The van der Waals surface area contributed by atoms with E-state index in [9.17, 15) is 4.79 Å². The fourth-order valence-electron chi connectivity index (χ4n) is 2.18. The molecular formula is C17H14ClN3O2S. The summed E-state index contributed by atoms with van der Waals surface area (Å²) < 4.78 is 6.62. The Morgan fingerprint density at radius 2 is 2.08 bits per heavy atom. The van der Waals surface area contributed by atoms with Gasteiger partial charge in [-0.25, -0.2) is 4.79 Å². The number of carbonyl (C=O) groups excluding carboxylic acids is 1. The third-order valence-corrected chi connectivity index (χ3v) is 4.57. The largest absolute Gasteiger partial charge is 0.465 e. The SMILES string of the molecule is COC(=O)c1cccc(CSc2nncn2-c2cccc(Cl)c2)c1. The molecule has 24 heavy (non-hydrogen) atoms. The van der Waals surface area contributed by atoms with E-state index in [0.717, 1.165) is 16.4 Å². The number of benzene rings is 2. The second kappa shape index (κ2) is 7.51. The van der Waals surface area contributed by atoms with Crippen molar-refractivity contribution in [3.8, 4) is 5.69 Å². The molecule has 1 aromatic heterocycles. The normalized spacial score (nSPS) is 10.6. The molecule has 0 radical (unpaired) electrons. The minimum absolute atomic E-state index is 0.344. The molecule has 0 unspecified atom stereocenters. The molecular weight excluding hydrogens is 346 g/mol. The fourth-order valence-corrected chi connectivity index (χ4v) is 3.24. The highest BCUT2D eigenvalue weighted by Gasteiger charge is 2.10. The van der Waals surface area contributed by atoms with Gasteiger partial charge in [0.05, 0.1) is 18.4 Å². The highest BCUT2D eigenvalue weighted by molar-refractivity contribution is 7.98. The molecule has 0 amide bonds. The summed E-state index contributed by atoms with van der Waals surface area (Å²) >= 11 is 7.57. The van der Waals surface area contributed by atoms with Crippen LogP contribution in [-0.2, 0) is 10.5 Å². The molecule has 0 fully saturated rings. The van der Waals surface area contributed by atoms with Crippen molar-refractivity contribution in [2.75, 3.05) is 7.11 Å². The van der Waals surface area contributed by atoms with Crippen molar-refractivity contribution < 1.29 is 9.53 Å². The Kier molecular flexibility index (Phi) is 5.17. The number of esters is 1. The lowest BCUT2D eigenvalue weighted by Gasteiger charge is -2.07. The van der Waals surface area contributed by atoms with Gasteiger partial charge in [-0.05, 0) is 35.9 Å². The van der Waals surface area contributed by atoms with Crippen molar-refractivity contribution in [3.05, 3.63) is 71.0 Å². The van der Waals surface area contributed by atoms with Crippen LogP contribution in [-0.4, -0.2) is 27.8 Å². The Bertz CT molecular complexity index is 866. The van der Waals surface area contributed by atoms with Crippen molar-refractivity contribution in [2.24, 2.45) is 0 Å². The molecule has 0 aliphatic heterocycles. The summed E-state index contributed by atoms with van der Waals surface area (Å²) in [5.41, 5.74) is 2.44. The first-order valence-corrected chi connectivity index (χ1v) is 8.50. The van der Waals surface area contributed by atoms with Crippen LogP contribution in [0.2, 0.25) is 5.02 Å². The van der Waals surface area contributed by atoms with Crippen LogP contribution >= 0.6 is 23.4 Å². The Balaban J connectivity index is 1.77. The van der Waals surface area contributed by atoms with Crippen LogP contribution in [0.1, 0.15) is 15.9 Å². The molecule has 0 saturated heterocycles. The summed E-state index contributed by atoms with van der Waals surface area (Å²) in [6.07, 6.45) is 1.65. The van der Waals surface area contributed by atoms with Gasteiger partial charge in [0.2, 0.25) is 0 Å². The van der Waals surface area contributed by atoms with E-state index in [1.165, 1.54) is 18.9 Å². The fraction of sp³-hybridized carbons (Fsp3) is 0.118. The van der Waals surface area contributed by atoms with Gasteiger partial charge in [0.1, 0.15) is 6.33 Å². The standard InChI is InChI=1S/C17H14ClN3O2S/c1-23-16(22)13-5-2-4-12(8-13)10-24-17-20-19-11-21(17)15-7-3-6-14(18)9-15/h2-9,11H,10H2,1H3. The van der Waals surface area contributed by atoms with Gasteiger partial charge in [-0.15, -0.1) is 10.2 Å². The first-order chi connectivity index (χ1) is 11.7. The van der Waals surface area contributed by atoms with Gasteiger partial charge in [0.15, 0.2) is 5.16 Å².